The Morgan fingerprint density at radius 1 is 0.950 bits per heavy atom. The Morgan fingerprint density at radius 3 is 1.95 bits per heavy atom. The van der Waals surface area contributed by atoms with E-state index in [1.165, 1.54) is 0 Å². The lowest BCUT2D eigenvalue weighted by Gasteiger charge is -2.38. The molecule has 20 heavy (non-hydrogen) atoms. The molecule has 0 bridgehead atoms. The number of primary amides is 1. The van der Waals surface area contributed by atoms with E-state index in [1.54, 1.807) is 9.80 Å². The molecule has 0 saturated carbocycles. The zero-order valence-corrected chi connectivity index (χ0v) is 11.5. The van der Waals surface area contributed by atoms with Crippen molar-refractivity contribution in [3.8, 4) is 0 Å². The molecule has 0 radical (unpaired) electrons. The minimum atomic E-state index is -0.851. The zero-order valence-electron chi connectivity index (χ0n) is 11.5. The molecule has 2 fully saturated rings. The number of carboxylic acids is 1. The van der Waals surface area contributed by atoms with Gasteiger partial charge in [0.05, 0.1) is 11.8 Å². The summed E-state index contributed by atoms with van der Waals surface area (Å²) in [7, 11) is 0. The van der Waals surface area contributed by atoms with Crippen molar-refractivity contribution in [1.29, 1.82) is 0 Å². The standard InChI is InChI=1S/C13H21N3O4/c14-11(17)9-3-1-5-15(7-9)13(20)16-6-2-4-10(8-16)12(18)19/h9-10H,1-8H2,(H2,14,17)(H,18,19)/t9?,10-/m1/s1. The number of urea groups is 1. The van der Waals surface area contributed by atoms with E-state index in [9.17, 15) is 14.4 Å². The number of carbonyl (C=O) groups excluding carboxylic acids is 2. The van der Waals surface area contributed by atoms with Crippen LogP contribution >= 0.6 is 0 Å². The van der Waals surface area contributed by atoms with E-state index in [4.69, 9.17) is 10.8 Å². The Hall–Kier alpha value is -1.79. The van der Waals surface area contributed by atoms with E-state index >= 15 is 0 Å². The third-order valence-electron chi connectivity index (χ3n) is 4.14. The number of nitrogens with zero attached hydrogens (tertiary/aromatic N) is 2. The quantitative estimate of drug-likeness (QED) is 0.750. The number of carboxylic acid groups (broad SMARTS) is 1. The maximum atomic E-state index is 12.4. The van der Waals surface area contributed by atoms with Crippen LogP contribution in [0.1, 0.15) is 25.7 Å². The lowest BCUT2D eigenvalue weighted by Crippen LogP contribution is -2.52. The fourth-order valence-corrected chi connectivity index (χ4v) is 2.94. The van der Waals surface area contributed by atoms with Crippen molar-refractivity contribution in [1.82, 2.24) is 9.80 Å². The molecule has 3 N–H and O–H groups in total. The number of amides is 3. The van der Waals surface area contributed by atoms with Crippen LogP contribution in [-0.4, -0.2) is 59.0 Å². The molecule has 0 spiro atoms. The average molecular weight is 283 g/mol. The Labute approximate surface area is 117 Å². The number of carbonyl (C=O) groups is 3. The molecule has 2 aliphatic rings. The first kappa shape index (κ1) is 14.6. The monoisotopic (exact) mass is 283 g/mol. The predicted molar refractivity (Wildman–Crippen MR) is 70.8 cm³/mol. The third kappa shape index (κ3) is 3.20. The van der Waals surface area contributed by atoms with Gasteiger partial charge >= 0.3 is 12.0 Å². The smallest absolute Gasteiger partial charge is 0.320 e. The number of nitrogens with two attached hydrogens (primary N) is 1. The number of piperidine rings is 2. The molecule has 2 aliphatic heterocycles. The summed E-state index contributed by atoms with van der Waals surface area (Å²) >= 11 is 0. The van der Waals surface area contributed by atoms with Crippen LogP contribution in [0, 0.1) is 11.8 Å². The Morgan fingerprint density at radius 2 is 1.45 bits per heavy atom. The molecule has 0 aromatic heterocycles. The van der Waals surface area contributed by atoms with Crippen molar-refractivity contribution >= 4 is 17.9 Å². The normalized spacial score (nSPS) is 27.2. The summed E-state index contributed by atoms with van der Waals surface area (Å²) in [6, 6.07) is -0.165. The molecule has 0 aromatic rings. The SMILES string of the molecule is NC(=O)C1CCCN(C(=O)N2CCC[C@@H](C(=O)O)C2)C1. The van der Waals surface area contributed by atoms with Gasteiger partial charge in [-0.3, -0.25) is 9.59 Å². The second kappa shape index (κ2) is 6.11. The maximum absolute atomic E-state index is 12.4. The fourth-order valence-electron chi connectivity index (χ4n) is 2.94. The van der Waals surface area contributed by atoms with Gasteiger partial charge in [0.15, 0.2) is 0 Å². The van der Waals surface area contributed by atoms with Crippen LogP contribution in [0.2, 0.25) is 0 Å². The first-order valence-corrected chi connectivity index (χ1v) is 7.05. The first-order valence-electron chi connectivity index (χ1n) is 7.05. The molecule has 2 atom stereocenters. The van der Waals surface area contributed by atoms with Gasteiger partial charge in [0, 0.05) is 26.2 Å². The van der Waals surface area contributed by atoms with Crippen LogP contribution in [-0.2, 0) is 9.59 Å². The minimum absolute atomic E-state index is 0.165. The van der Waals surface area contributed by atoms with Gasteiger partial charge in [-0.25, -0.2) is 4.79 Å². The van der Waals surface area contributed by atoms with Crippen molar-refractivity contribution in [2.24, 2.45) is 17.6 Å². The maximum Gasteiger partial charge on any atom is 0.320 e. The number of hydrogen-bond acceptors (Lipinski definition) is 3. The van der Waals surface area contributed by atoms with Crippen LogP contribution in [0.5, 0.6) is 0 Å². The molecule has 2 rings (SSSR count). The van der Waals surface area contributed by atoms with Gasteiger partial charge in [0.25, 0.3) is 0 Å². The second-order valence-corrected chi connectivity index (χ2v) is 5.59. The van der Waals surface area contributed by atoms with Crippen LogP contribution in [0.3, 0.4) is 0 Å². The molecule has 2 heterocycles. The highest BCUT2D eigenvalue weighted by molar-refractivity contribution is 5.80. The molecular formula is C13H21N3O4. The number of rotatable bonds is 2. The summed E-state index contributed by atoms with van der Waals surface area (Å²) in [5.74, 6) is -1.99. The lowest BCUT2D eigenvalue weighted by molar-refractivity contribution is -0.143. The van der Waals surface area contributed by atoms with E-state index in [2.05, 4.69) is 0 Å². The molecule has 0 aliphatic carbocycles. The van der Waals surface area contributed by atoms with Gasteiger partial charge in [-0.2, -0.15) is 0 Å². The van der Waals surface area contributed by atoms with Crippen LogP contribution in [0.15, 0.2) is 0 Å². The van der Waals surface area contributed by atoms with Gasteiger partial charge in [0.1, 0.15) is 0 Å². The summed E-state index contributed by atoms with van der Waals surface area (Å²) in [4.78, 5) is 37.9. The summed E-state index contributed by atoms with van der Waals surface area (Å²) in [5.41, 5.74) is 5.30. The van der Waals surface area contributed by atoms with E-state index in [1.807, 2.05) is 0 Å². The topological polar surface area (TPSA) is 104 Å². The largest absolute Gasteiger partial charge is 0.481 e. The van der Waals surface area contributed by atoms with E-state index in [0.717, 1.165) is 12.8 Å². The van der Waals surface area contributed by atoms with Gasteiger partial charge in [-0.1, -0.05) is 0 Å². The minimum Gasteiger partial charge on any atom is -0.481 e. The van der Waals surface area contributed by atoms with Gasteiger partial charge in [0.2, 0.25) is 5.91 Å². The highest BCUT2D eigenvalue weighted by atomic mass is 16.4. The second-order valence-electron chi connectivity index (χ2n) is 5.59. The van der Waals surface area contributed by atoms with Crippen molar-refractivity contribution < 1.29 is 19.5 Å². The summed E-state index contributed by atoms with van der Waals surface area (Å²) in [6.45, 7) is 1.80. The third-order valence-corrected chi connectivity index (χ3v) is 4.14. The van der Waals surface area contributed by atoms with E-state index in [0.29, 0.717) is 32.5 Å². The van der Waals surface area contributed by atoms with Crippen molar-refractivity contribution in [3.05, 3.63) is 0 Å². The van der Waals surface area contributed by atoms with Crippen LogP contribution in [0.4, 0.5) is 4.79 Å². The predicted octanol–water partition coefficient (Wildman–Crippen LogP) is 0.100. The highest BCUT2D eigenvalue weighted by Gasteiger charge is 2.33. The Balaban J connectivity index is 1.96. The first-order chi connectivity index (χ1) is 9.49. The molecule has 3 amide bonds. The Kier molecular flexibility index (Phi) is 4.46. The lowest BCUT2D eigenvalue weighted by atomic mass is 9.96. The highest BCUT2D eigenvalue weighted by Crippen LogP contribution is 2.21. The van der Waals surface area contributed by atoms with Gasteiger partial charge in [-0.15, -0.1) is 0 Å². The number of aliphatic carboxylic acids is 1. The zero-order chi connectivity index (χ0) is 14.7. The molecule has 0 aromatic carbocycles. The summed E-state index contributed by atoms with van der Waals surface area (Å²) < 4.78 is 0. The average Bonchev–Trinajstić information content (AvgIpc) is 2.46. The Bertz CT molecular complexity index is 376. The van der Waals surface area contributed by atoms with Crippen molar-refractivity contribution in [2.45, 2.75) is 25.7 Å². The van der Waals surface area contributed by atoms with Gasteiger partial charge in [-0.05, 0) is 25.7 Å². The molecular weight excluding hydrogens is 262 g/mol. The molecule has 2 saturated heterocycles. The number of likely N-dealkylation sites (tertiary alicyclic amines) is 2. The molecule has 112 valence electrons. The van der Waals surface area contributed by atoms with Crippen LogP contribution in [0.25, 0.3) is 0 Å². The summed E-state index contributed by atoms with van der Waals surface area (Å²) in [5, 5.41) is 9.05. The van der Waals surface area contributed by atoms with E-state index in [-0.39, 0.29) is 24.4 Å². The van der Waals surface area contributed by atoms with Crippen molar-refractivity contribution in [2.75, 3.05) is 26.2 Å². The number of hydrogen-bond donors (Lipinski definition) is 2. The van der Waals surface area contributed by atoms with E-state index < -0.39 is 11.9 Å². The van der Waals surface area contributed by atoms with Crippen molar-refractivity contribution in [3.63, 3.8) is 0 Å². The van der Waals surface area contributed by atoms with Crippen LogP contribution < -0.4 is 5.73 Å². The molecule has 1 unspecified atom stereocenters. The molecule has 7 nitrogen and oxygen atoms in total. The molecule has 7 heteroatoms. The summed E-state index contributed by atoms with van der Waals surface area (Å²) in [6.07, 6.45) is 2.80. The fraction of sp³-hybridized carbons (Fsp3) is 0.769. The van der Waals surface area contributed by atoms with Gasteiger partial charge < -0.3 is 20.6 Å².